The minimum absolute atomic E-state index is 0.0116. The molecule has 1 aliphatic rings. The summed E-state index contributed by atoms with van der Waals surface area (Å²) >= 11 is 0. The zero-order valence-corrected chi connectivity index (χ0v) is 12.4. The summed E-state index contributed by atoms with van der Waals surface area (Å²) in [6.07, 6.45) is 1.28. The molecule has 1 aromatic rings. The summed E-state index contributed by atoms with van der Waals surface area (Å²) in [5, 5.41) is 8.81. The lowest BCUT2D eigenvalue weighted by Crippen LogP contribution is -2.33. The van der Waals surface area contributed by atoms with Crippen LogP contribution in [-0.4, -0.2) is 48.8 Å². The van der Waals surface area contributed by atoms with Gasteiger partial charge in [0.05, 0.1) is 18.8 Å². The molecule has 2 rings (SSSR count). The Bertz CT molecular complexity index is 549. The van der Waals surface area contributed by atoms with Gasteiger partial charge in [-0.15, -0.1) is 0 Å². The maximum Gasteiger partial charge on any atom is 0.255 e. The number of aliphatic hydroxyl groups is 1. The van der Waals surface area contributed by atoms with Crippen LogP contribution < -0.4 is 0 Å². The minimum atomic E-state index is 0.0116. The van der Waals surface area contributed by atoms with Gasteiger partial charge in [-0.25, -0.2) is 0 Å². The van der Waals surface area contributed by atoms with Gasteiger partial charge in [0.25, 0.3) is 5.91 Å². The first-order valence-corrected chi connectivity index (χ1v) is 7.30. The third kappa shape index (κ3) is 4.32. The molecule has 1 heterocycles. The highest BCUT2D eigenvalue weighted by molar-refractivity contribution is 5.97. The van der Waals surface area contributed by atoms with Gasteiger partial charge in [0.15, 0.2) is 0 Å². The van der Waals surface area contributed by atoms with Crippen LogP contribution in [0.25, 0.3) is 0 Å². The van der Waals surface area contributed by atoms with Crippen LogP contribution in [0.15, 0.2) is 18.2 Å². The van der Waals surface area contributed by atoms with Gasteiger partial charge in [0, 0.05) is 31.7 Å². The highest BCUT2D eigenvalue weighted by Crippen LogP contribution is 2.15. The van der Waals surface area contributed by atoms with Crippen molar-refractivity contribution in [3.05, 3.63) is 34.9 Å². The molecule has 0 bridgehead atoms. The number of carbonyl (C=O) groups excluding carboxylic acids is 1. The standard InChI is InChI=1S/C17H21NO3/c1-14-6-7-15(5-2-3-10-19)16(13-14)17(20)18-8-4-11-21-12-9-18/h6-7,13,19H,3-4,8-12H2,1H3. The lowest BCUT2D eigenvalue weighted by Gasteiger charge is -2.20. The van der Waals surface area contributed by atoms with Crippen molar-refractivity contribution in [1.29, 1.82) is 0 Å². The predicted octanol–water partition coefficient (Wildman–Crippen LogP) is 1.59. The lowest BCUT2D eigenvalue weighted by atomic mass is 10.0. The normalized spacial score (nSPS) is 15.0. The Hall–Kier alpha value is -1.83. The highest BCUT2D eigenvalue weighted by Gasteiger charge is 2.19. The van der Waals surface area contributed by atoms with E-state index in [1.807, 2.05) is 30.0 Å². The van der Waals surface area contributed by atoms with Crippen molar-refractivity contribution in [2.24, 2.45) is 0 Å². The molecule has 1 fully saturated rings. The Morgan fingerprint density at radius 1 is 1.38 bits per heavy atom. The molecule has 0 unspecified atom stereocenters. The van der Waals surface area contributed by atoms with E-state index in [1.165, 1.54) is 0 Å². The Labute approximate surface area is 125 Å². The first-order chi connectivity index (χ1) is 10.2. The summed E-state index contributed by atoms with van der Waals surface area (Å²) < 4.78 is 5.39. The van der Waals surface area contributed by atoms with Crippen molar-refractivity contribution in [2.75, 3.05) is 32.9 Å². The van der Waals surface area contributed by atoms with Crippen molar-refractivity contribution in [3.63, 3.8) is 0 Å². The molecule has 0 atom stereocenters. The molecule has 1 N–H and O–H groups in total. The van der Waals surface area contributed by atoms with E-state index in [4.69, 9.17) is 9.84 Å². The van der Waals surface area contributed by atoms with Crippen LogP contribution in [0, 0.1) is 18.8 Å². The van der Waals surface area contributed by atoms with Crippen molar-refractivity contribution >= 4 is 5.91 Å². The van der Waals surface area contributed by atoms with Gasteiger partial charge >= 0.3 is 0 Å². The number of aryl methyl sites for hydroxylation is 1. The van der Waals surface area contributed by atoms with Gasteiger partial charge in [-0.05, 0) is 25.5 Å². The summed E-state index contributed by atoms with van der Waals surface area (Å²) in [5.41, 5.74) is 2.41. The Morgan fingerprint density at radius 3 is 3.05 bits per heavy atom. The van der Waals surface area contributed by atoms with Crippen LogP contribution in [0.2, 0.25) is 0 Å². The van der Waals surface area contributed by atoms with E-state index in [0.717, 1.165) is 24.1 Å². The van der Waals surface area contributed by atoms with Crippen LogP contribution in [0.5, 0.6) is 0 Å². The third-order valence-corrected chi connectivity index (χ3v) is 3.37. The van der Waals surface area contributed by atoms with E-state index >= 15 is 0 Å². The Balaban J connectivity index is 2.26. The molecule has 1 aliphatic heterocycles. The van der Waals surface area contributed by atoms with Crippen molar-refractivity contribution < 1.29 is 14.6 Å². The summed E-state index contributed by atoms with van der Waals surface area (Å²) in [5.74, 6) is 5.89. The number of carbonyl (C=O) groups is 1. The number of rotatable bonds is 2. The predicted molar refractivity (Wildman–Crippen MR) is 81.1 cm³/mol. The summed E-state index contributed by atoms with van der Waals surface area (Å²) in [4.78, 5) is 14.5. The number of benzene rings is 1. The van der Waals surface area contributed by atoms with Crippen molar-refractivity contribution in [2.45, 2.75) is 19.8 Å². The average molecular weight is 287 g/mol. The Kier molecular flexibility index (Phi) is 5.79. The third-order valence-electron chi connectivity index (χ3n) is 3.37. The largest absolute Gasteiger partial charge is 0.395 e. The molecule has 1 amide bonds. The van der Waals surface area contributed by atoms with E-state index in [-0.39, 0.29) is 12.5 Å². The Morgan fingerprint density at radius 2 is 2.24 bits per heavy atom. The number of nitrogens with zero attached hydrogens (tertiary/aromatic N) is 1. The summed E-state index contributed by atoms with van der Waals surface area (Å²) in [6, 6.07) is 5.71. The fourth-order valence-electron chi connectivity index (χ4n) is 2.28. The quantitative estimate of drug-likeness (QED) is 0.840. The van der Waals surface area contributed by atoms with Crippen LogP contribution in [-0.2, 0) is 4.74 Å². The van der Waals surface area contributed by atoms with Crippen LogP contribution in [0.3, 0.4) is 0 Å². The van der Waals surface area contributed by atoms with E-state index in [2.05, 4.69) is 11.8 Å². The van der Waals surface area contributed by atoms with E-state index < -0.39 is 0 Å². The summed E-state index contributed by atoms with van der Waals surface area (Å²) in [6.45, 7) is 4.63. The zero-order chi connectivity index (χ0) is 15.1. The molecular weight excluding hydrogens is 266 g/mol. The fraction of sp³-hybridized carbons (Fsp3) is 0.471. The lowest BCUT2D eigenvalue weighted by molar-refractivity contribution is 0.0741. The fourth-order valence-corrected chi connectivity index (χ4v) is 2.28. The molecule has 4 nitrogen and oxygen atoms in total. The molecular formula is C17H21NO3. The smallest absolute Gasteiger partial charge is 0.255 e. The minimum Gasteiger partial charge on any atom is -0.395 e. The second kappa shape index (κ2) is 7.82. The van der Waals surface area contributed by atoms with Crippen molar-refractivity contribution in [3.8, 4) is 11.8 Å². The summed E-state index contributed by atoms with van der Waals surface area (Å²) in [7, 11) is 0. The van der Waals surface area contributed by atoms with Crippen molar-refractivity contribution in [1.82, 2.24) is 4.90 Å². The number of hydrogen-bond acceptors (Lipinski definition) is 3. The molecule has 1 aromatic carbocycles. The first kappa shape index (κ1) is 15.6. The second-order valence-corrected chi connectivity index (χ2v) is 5.08. The first-order valence-electron chi connectivity index (χ1n) is 7.30. The molecule has 0 saturated carbocycles. The van der Waals surface area contributed by atoms with E-state index in [0.29, 0.717) is 31.7 Å². The number of hydrogen-bond donors (Lipinski definition) is 1. The van der Waals surface area contributed by atoms with Gasteiger partial charge < -0.3 is 14.7 Å². The monoisotopic (exact) mass is 287 g/mol. The van der Waals surface area contributed by atoms with Gasteiger partial charge in [0.2, 0.25) is 0 Å². The molecule has 0 aliphatic carbocycles. The number of amides is 1. The molecule has 4 heteroatoms. The number of aliphatic hydroxyl groups excluding tert-OH is 1. The molecule has 0 aromatic heterocycles. The van der Waals surface area contributed by atoms with Gasteiger partial charge in [-0.1, -0.05) is 23.5 Å². The molecule has 112 valence electrons. The molecule has 21 heavy (non-hydrogen) atoms. The zero-order valence-electron chi connectivity index (χ0n) is 12.4. The van der Waals surface area contributed by atoms with Crippen LogP contribution >= 0.6 is 0 Å². The van der Waals surface area contributed by atoms with Gasteiger partial charge in [-0.3, -0.25) is 4.79 Å². The molecule has 0 spiro atoms. The average Bonchev–Trinajstić information content (AvgIpc) is 2.77. The molecule has 0 radical (unpaired) electrons. The van der Waals surface area contributed by atoms with Crippen LogP contribution in [0.1, 0.15) is 34.3 Å². The van der Waals surface area contributed by atoms with Crippen LogP contribution in [0.4, 0.5) is 0 Å². The molecule has 1 saturated heterocycles. The second-order valence-electron chi connectivity index (χ2n) is 5.08. The topological polar surface area (TPSA) is 49.8 Å². The maximum atomic E-state index is 12.7. The van der Waals surface area contributed by atoms with E-state index in [1.54, 1.807) is 0 Å². The maximum absolute atomic E-state index is 12.7. The SMILES string of the molecule is Cc1ccc(C#CCCO)c(C(=O)N2CCCOCC2)c1. The van der Waals surface area contributed by atoms with E-state index in [9.17, 15) is 4.79 Å². The number of ether oxygens (including phenoxy) is 1. The highest BCUT2D eigenvalue weighted by atomic mass is 16.5. The van der Waals surface area contributed by atoms with Gasteiger partial charge in [-0.2, -0.15) is 0 Å². The van der Waals surface area contributed by atoms with Gasteiger partial charge in [0.1, 0.15) is 0 Å².